The zero-order valence-electron chi connectivity index (χ0n) is 7.87. The van der Waals surface area contributed by atoms with Crippen molar-refractivity contribution in [1.29, 1.82) is 0 Å². The molecule has 2 atom stereocenters. The highest BCUT2D eigenvalue weighted by molar-refractivity contribution is 6.66. The van der Waals surface area contributed by atoms with E-state index in [1.807, 2.05) is 0 Å². The van der Waals surface area contributed by atoms with E-state index in [1.54, 1.807) is 0 Å². The fourth-order valence-corrected chi connectivity index (χ4v) is 8.18. The van der Waals surface area contributed by atoms with E-state index < -0.39 is 18.1 Å². The van der Waals surface area contributed by atoms with E-state index in [9.17, 15) is 4.79 Å². The molecule has 0 saturated carbocycles. The molecule has 1 aliphatic rings. The van der Waals surface area contributed by atoms with Gasteiger partial charge in [-0.25, -0.2) is 0 Å². The van der Waals surface area contributed by atoms with Gasteiger partial charge in [-0.1, -0.05) is 0 Å². The largest absolute Gasteiger partial charge is 0.463 e. The van der Waals surface area contributed by atoms with Crippen molar-refractivity contribution in [2.45, 2.75) is 38.2 Å². The molecule has 70 valence electrons. The number of esters is 1. The first kappa shape index (κ1) is 9.95. The van der Waals surface area contributed by atoms with Crippen molar-refractivity contribution in [3.63, 3.8) is 0 Å². The van der Waals surface area contributed by atoms with Gasteiger partial charge in [0, 0.05) is 6.92 Å². The van der Waals surface area contributed by atoms with Gasteiger partial charge in [0.05, 0.1) is 0 Å². The van der Waals surface area contributed by atoms with Gasteiger partial charge in [0.15, 0.2) is 18.1 Å². The standard InChI is InChI=1S/C7H16O3Si2/c1-6(8)9-7-4-11(2)10-12(3)5-7/h7,11-12H,4-5H2,1-3H3. The van der Waals surface area contributed by atoms with Gasteiger partial charge in [0.2, 0.25) is 0 Å². The highest BCUT2D eigenvalue weighted by Gasteiger charge is 2.27. The fourth-order valence-electron chi connectivity index (χ4n) is 1.68. The van der Waals surface area contributed by atoms with Crippen LogP contribution in [-0.2, 0) is 13.6 Å². The lowest BCUT2D eigenvalue weighted by molar-refractivity contribution is -0.144. The summed E-state index contributed by atoms with van der Waals surface area (Å²) in [7, 11) is -1.97. The summed E-state index contributed by atoms with van der Waals surface area (Å²) in [5.74, 6) is -0.149. The molecule has 0 N–H and O–H groups in total. The van der Waals surface area contributed by atoms with Crippen molar-refractivity contribution < 1.29 is 13.6 Å². The second-order valence-corrected chi connectivity index (χ2v) is 8.73. The molecule has 0 aromatic carbocycles. The summed E-state index contributed by atoms with van der Waals surface area (Å²) in [4.78, 5) is 10.7. The maximum atomic E-state index is 10.7. The number of carbonyl (C=O) groups is 1. The molecule has 1 heterocycles. The van der Waals surface area contributed by atoms with Crippen molar-refractivity contribution >= 4 is 24.0 Å². The molecule has 0 aromatic heterocycles. The van der Waals surface area contributed by atoms with Gasteiger partial charge < -0.3 is 8.85 Å². The van der Waals surface area contributed by atoms with Gasteiger partial charge in [0.1, 0.15) is 6.10 Å². The van der Waals surface area contributed by atoms with Crippen LogP contribution in [0, 0.1) is 0 Å². The second-order valence-electron chi connectivity index (χ2n) is 3.46. The summed E-state index contributed by atoms with van der Waals surface area (Å²) in [5.41, 5.74) is 0. The van der Waals surface area contributed by atoms with E-state index in [4.69, 9.17) is 8.85 Å². The van der Waals surface area contributed by atoms with Crippen LogP contribution in [0.4, 0.5) is 0 Å². The van der Waals surface area contributed by atoms with Crippen LogP contribution >= 0.6 is 0 Å². The minimum Gasteiger partial charge on any atom is -0.463 e. The van der Waals surface area contributed by atoms with E-state index in [2.05, 4.69) is 13.1 Å². The van der Waals surface area contributed by atoms with Crippen LogP contribution in [0.15, 0.2) is 0 Å². The van der Waals surface area contributed by atoms with E-state index >= 15 is 0 Å². The number of hydrogen-bond donors (Lipinski definition) is 0. The van der Waals surface area contributed by atoms with Crippen LogP contribution in [0.25, 0.3) is 0 Å². The number of carbonyl (C=O) groups excluding carboxylic acids is 1. The summed E-state index contributed by atoms with van der Waals surface area (Å²) >= 11 is 0. The van der Waals surface area contributed by atoms with Gasteiger partial charge in [-0.2, -0.15) is 0 Å². The minimum atomic E-state index is -0.985. The maximum Gasteiger partial charge on any atom is 0.302 e. The van der Waals surface area contributed by atoms with Crippen LogP contribution < -0.4 is 0 Å². The molecule has 2 unspecified atom stereocenters. The van der Waals surface area contributed by atoms with Crippen LogP contribution in [0.2, 0.25) is 25.2 Å². The summed E-state index contributed by atoms with van der Waals surface area (Å²) in [6.07, 6.45) is 0.180. The summed E-state index contributed by atoms with van der Waals surface area (Å²) in [5, 5.41) is 0. The molecule has 12 heavy (non-hydrogen) atoms. The van der Waals surface area contributed by atoms with Gasteiger partial charge in [0.25, 0.3) is 0 Å². The Labute approximate surface area is 76.5 Å². The summed E-state index contributed by atoms with van der Waals surface area (Å²) in [6, 6.07) is 1.99. The number of rotatable bonds is 1. The van der Waals surface area contributed by atoms with Crippen molar-refractivity contribution in [2.75, 3.05) is 0 Å². The van der Waals surface area contributed by atoms with Crippen molar-refractivity contribution in [3.05, 3.63) is 0 Å². The lowest BCUT2D eigenvalue weighted by atomic mass is 10.4. The molecule has 1 aliphatic heterocycles. The Morgan fingerprint density at radius 2 is 1.92 bits per heavy atom. The average Bonchev–Trinajstić information content (AvgIpc) is 1.81. The molecule has 0 spiro atoms. The Kier molecular flexibility index (Phi) is 3.48. The van der Waals surface area contributed by atoms with Crippen molar-refractivity contribution in [1.82, 2.24) is 0 Å². The Bertz CT molecular complexity index is 164. The maximum absolute atomic E-state index is 10.7. The Morgan fingerprint density at radius 3 is 2.33 bits per heavy atom. The Hall–Kier alpha value is -0.136. The molecular weight excluding hydrogens is 188 g/mol. The van der Waals surface area contributed by atoms with Gasteiger partial charge in [-0.3, -0.25) is 4.79 Å². The summed E-state index contributed by atoms with van der Waals surface area (Å²) < 4.78 is 11.0. The normalized spacial score (nSPS) is 36.1. The topological polar surface area (TPSA) is 35.5 Å². The van der Waals surface area contributed by atoms with Gasteiger partial charge in [-0.15, -0.1) is 0 Å². The van der Waals surface area contributed by atoms with Gasteiger partial charge >= 0.3 is 5.97 Å². The second kappa shape index (κ2) is 4.20. The smallest absolute Gasteiger partial charge is 0.302 e. The third kappa shape index (κ3) is 3.08. The van der Waals surface area contributed by atoms with Crippen LogP contribution in [0.1, 0.15) is 6.92 Å². The molecule has 1 rings (SSSR count). The quantitative estimate of drug-likeness (QED) is 0.465. The van der Waals surface area contributed by atoms with Crippen LogP contribution in [0.3, 0.4) is 0 Å². The van der Waals surface area contributed by atoms with E-state index in [1.165, 1.54) is 6.92 Å². The molecule has 1 saturated heterocycles. The Balaban J connectivity index is 2.38. The van der Waals surface area contributed by atoms with E-state index in [-0.39, 0.29) is 12.1 Å². The highest BCUT2D eigenvalue weighted by atomic mass is 28.4. The zero-order chi connectivity index (χ0) is 9.14. The average molecular weight is 204 g/mol. The first-order valence-corrected chi connectivity index (χ1v) is 9.29. The molecule has 1 fully saturated rings. The monoisotopic (exact) mass is 204 g/mol. The minimum absolute atomic E-state index is 0.149. The molecule has 0 amide bonds. The highest BCUT2D eigenvalue weighted by Crippen LogP contribution is 2.19. The first-order chi connectivity index (χ1) is 5.58. The van der Waals surface area contributed by atoms with Crippen molar-refractivity contribution in [3.8, 4) is 0 Å². The SMILES string of the molecule is CC(=O)OC1C[SiH](C)O[SiH](C)C1. The molecule has 3 nitrogen and oxygen atoms in total. The molecule has 0 bridgehead atoms. The lowest BCUT2D eigenvalue weighted by Crippen LogP contribution is -2.38. The zero-order valence-corrected chi connectivity index (χ0v) is 10.2. The van der Waals surface area contributed by atoms with Crippen LogP contribution in [-0.4, -0.2) is 30.2 Å². The number of ether oxygens (including phenoxy) is 1. The molecule has 5 heteroatoms. The van der Waals surface area contributed by atoms with Crippen LogP contribution in [0.5, 0.6) is 0 Å². The summed E-state index contributed by atoms with van der Waals surface area (Å²) in [6.45, 7) is 5.84. The third-order valence-electron chi connectivity index (χ3n) is 1.99. The van der Waals surface area contributed by atoms with Crippen molar-refractivity contribution in [2.24, 2.45) is 0 Å². The predicted octanol–water partition coefficient (Wildman–Crippen LogP) is 0.655. The Morgan fingerprint density at radius 1 is 1.42 bits per heavy atom. The predicted molar refractivity (Wildman–Crippen MR) is 52.3 cm³/mol. The molecule has 0 radical (unpaired) electrons. The third-order valence-corrected chi connectivity index (χ3v) is 8.08. The fraction of sp³-hybridized carbons (Fsp3) is 0.857. The lowest BCUT2D eigenvalue weighted by Gasteiger charge is -2.30. The number of hydrogen-bond acceptors (Lipinski definition) is 3. The molecule has 0 aromatic rings. The van der Waals surface area contributed by atoms with Gasteiger partial charge in [-0.05, 0) is 25.2 Å². The molecule has 0 aliphatic carbocycles. The first-order valence-electron chi connectivity index (χ1n) is 4.40. The molecular formula is C7H16O3Si2. The van der Waals surface area contributed by atoms with E-state index in [0.717, 1.165) is 12.1 Å². The van der Waals surface area contributed by atoms with E-state index in [0.29, 0.717) is 0 Å².